The number of carbonyl (C=O) groups excluding carboxylic acids is 1. The van der Waals surface area contributed by atoms with E-state index >= 15 is 0 Å². The van der Waals surface area contributed by atoms with Crippen LogP contribution in [0.2, 0.25) is 0 Å². The van der Waals surface area contributed by atoms with Crippen molar-refractivity contribution in [3.8, 4) is 0 Å². The molecule has 2 saturated heterocycles. The van der Waals surface area contributed by atoms with Crippen molar-refractivity contribution in [3.63, 3.8) is 0 Å². The van der Waals surface area contributed by atoms with Crippen LogP contribution in [-0.4, -0.2) is 67.8 Å². The van der Waals surface area contributed by atoms with Gasteiger partial charge in [-0.3, -0.25) is 4.79 Å². The van der Waals surface area contributed by atoms with E-state index in [1.54, 1.807) is 15.6 Å². The molecule has 0 N–H and O–H groups in total. The van der Waals surface area contributed by atoms with Gasteiger partial charge in [0.2, 0.25) is 15.9 Å². The van der Waals surface area contributed by atoms with Crippen LogP contribution in [-0.2, 0) is 20.6 Å². The van der Waals surface area contributed by atoms with Gasteiger partial charge in [-0.1, -0.05) is 30.3 Å². The van der Waals surface area contributed by atoms with Crippen LogP contribution in [0.15, 0.2) is 35.7 Å². The second kappa shape index (κ2) is 9.67. The summed E-state index contributed by atoms with van der Waals surface area (Å²) in [6.45, 7) is 6.00. The highest BCUT2D eigenvalue weighted by atomic mass is 32.2. The first-order valence-electron chi connectivity index (χ1n) is 10.9. The molecule has 0 unspecified atom stereocenters. The molecule has 31 heavy (non-hydrogen) atoms. The Kier molecular flexibility index (Phi) is 6.93. The Labute approximate surface area is 188 Å². The lowest BCUT2D eigenvalue weighted by molar-refractivity contribution is -0.136. The number of rotatable bonds is 5. The smallest absolute Gasteiger partial charge is 0.225 e. The largest absolute Gasteiger partial charge is 0.346 e. The average Bonchev–Trinajstić information content (AvgIpc) is 3.05. The number of anilines is 1. The number of thiazole rings is 1. The highest BCUT2D eigenvalue weighted by molar-refractivity contribution is 7.88. The summed E-state index contributed by atoms with van der Waals surface area (Å²) in [4.78, 5) is 21.9. The molecule has 0 bridgehead atoms. The molecule has 2 fully saturated rings. The lowest BCUT2D eigenvalue weighted by Gasteiger charge is -2.33. The van der Waals surface area contributed by atoms with Crippen molar-refractivity contribution >= 4 is 32.4 Å². The lowest BCUT2D eigenvalue weighted by atomic mass is 9.96. The van der Waals surface area contributed by atoms with Crippen molar-refractivity contribution in [3.05, 3.63) is 47.0 Å². The number of aryl methyl sites for hydroxylation is 1. The first-order chi connectivity index (χ1) is 14.9. The SMILES string of the molecule is Cc1csc(N2CCCN(C(=O)C3CCN(S(=O)(=O)Cc4ccccc4)CC3)CC2)n1. The van der Waals surface area contributed by atoms with E-state index in [9.17, 15) is 13.2 Å². The Hall–Kier alpha value is -1.97. The third kappa shape index (κ3) is 5.45. The van der Waals surface area contributed by atoms with E-state index in [1.807, 2.05) is 42.2 Å². The Morgan fingerprint density at radius 1 is 1.06 bits per heavy atom. The van der Waals surface area contributed by atoms with Crippen LogP contribution in [0.3, 0.4) is 0 Å². The minimum atomic E-state index is -3.36. The highest BCUT2D eigenvalue weighted by Crippen LogP contribution is 2.25. The Morgan fingerprint density at radius 2 is 1.81 bits per heavy atom. The maximum Gasteiger partial charge on any atom is 0.225 e. The fourth-order valence-corrected chi connectivity index (χ4v) is 6.75. The molecule has 168 valence electrons. The monoisotopic (exact) mass is 462 g/mol. The standard InChI is InChI=1S/C22H30N4O3S2/c1-18-16-30-22(23-18)25-11-5-10-24(14-15-25)21(27)20-8-12-26(13-9-20)31(28,29)17-19-6-3-2-4-7-19/h2-4,6-7,16,20H,5,8-15,17H2,1H3. The van der Waals surface area contributed by atoms with Gasteiger partial charge in [0.05, 0.1) is 11.4 Å². The summed E-state index contributed by atoms with van der Waals surface area (Å²) >= 11 is 1.65. The molecule has 2 aliphatic heterocycles. The van der Waals surface area contributed by atoms with Crippen molar-refractivity contribution in [1.29, 1.82) is 0 Å². The van der Waals surface area contributed by atoms with Gasteiger partial charge in [-0.15, -0.1) is 11.3 Å². The van der Waals surface area contributed by atoms with E-state index in [0.717, 1.165) is 42.4 Å². The summed E-state index contributed by atoms with van der Waals surface area (Å²) in [5, 5.41) is 3.09. The topological polar surface area (TPSA) is 73.8 Å². The number of piperidine rings is 1. The molecule has 1 aromatic carbocycles. The normalized spacial score (nSPS) is 19.4. The first kappa shape index (κ1) is 22.2. The van der Waals surface area contributed by atoms with Gasteiger partial charge in [0, 0.05) is 50.6 Å². The van der Waals surface area contributed by atoms with Gasteiger partial charge in [-0.25, -0.2) is 17.7 Å². The van der Waals surface area contributed by atoms with Crippen LogP contribution in [0, 0.1) is 12.8 Å². The van der Waals surface area contributed by atoms with E-state index in [-0.39, 0.29) is 17.6 Å². The second-order valence-corrected chi connectivity index (χ2v) is 11.2. The van der Waals surface area contributed by atoms with Crippen molar-refractivity contribution < 1.29 is 13.2 Å². The van der Waals surface area contributed by atoms with Crippen molar-refractivity contribution in [2.75, 3.05) is 44.2 Å². The first-order valence-corrected chi connectivity index (χ1v) is 13.4. The average molecular weight is 463 g/mol. The number of hydrogen-bond donors (Lipinski definition) is 0. The van der Waals surface area contributed by atoms with Crippen LogP contribution in [0.25, 0.3) is 0 Å². The van der Waals surface area contributed by atoms with Gasteiger partial charge in [0.25, 0.3) is 0 Å². The predicted molar refractivity (Wildman–Crippen MR) is 124 cm³/mol. The zero-order chi connectivity index (χ0) is 21.8. The molecule has 9 heteroatoms. The molecular formula is C22H30N4O3S2. The number of carbonyl (C=O) groups is 1. The van der Waals surface area contributed by atoms with Gasteiger partial charge in [-0.2, -0.15) is 0 Å². The van der Waals surface area contributed by atoms with E-state index in [2.05, 4.69) is 15.3 Å². The quantitative estimate of drug-likeness (QED) is 0.683. The molecule has 3 heterocycles. The third-order valence-electron chi connectivity index (χ3n) is 6.07. The van der Waals surface area contributed by atoms with Gasteiger partial charge in [0.1, 0.15) is 0 Å². The number of sulfonamides is 1. The van der Waals surface area contributed by atoms with Crippen molar-refractivity contribution in [2.24, 2.45) is 5.92 Å². The molecule has 0 atom stereocenters. The summed E-state index contributed by atoms with van der Waals surface area (Å²) < 4.78 is 27.1. The number of amides is 1. The Balaban J connectivity index is 1.30. The maximum atomic E-state index is 13.1. The van der Waals surface area contributed by atoms with E-state index in [4.69, 9.17) is 0 Å². The fourth-order valence-electron chi connectivity index (χ4n) is 4.33. The summed E-state index contributed by atoms with van der Waals surface area (Å²) in [6, 6.07) is 9.27. The molecule has 0 aliphatic carbocycles. The van der Waals surface area contributed by atoms with Crippen LogP contribution in [0.1, 0.15) is 30.5 Å². The molecule has 0 radical (unpaired) electrons. The number of nitrogens with zero attached hydrogens (tertiary/aromatic N) is 4. The zero-order valence-electron chi connectivity index (χ0n) is 17.9. The van der Waals surface area contributed by atoms with Crippen molar-refractivity contribution in [2.45, 2.75) is 31.9 Å². The molecule has 7 nitrogen and oxygen atoms in total. The summed E-state index contributed by atoms with van der Waals surface area (Å²) in [6.07, 6.45) is 2.12. The van der Waals surface area contributed by atoms with E-state index in [0.29, 0.717) is 32.5 Å². The zero-order valence-corrected chi connectivity index (χ0v) is 19.6. The third-order valence-corrected chi connectivity index (χ3v) is 8.94. The van der Waals surface area contributed by atoms with Gasteiger partial charge in [0.15, 0.2) is 5.13 Å². The van der Waals surface area contributed by atoms with E-state index in [1.165, 1.54) is 0 Å². The second-order valence-electron chi connectivity index (χ2n) is 8.35. The minimum absolute atomic E-state index is 0.0185. The number of aromatic nitrogens is 1. The van der Waals surface area contributed by atoms with E-state index < -0.39 is 10.0 Å². The maximum absolute atomic E-state index is 13.1. The summed E-state index contributed by atoms with van der Waals surface area (Å²) in [5.74, 6) is 0.110. The predicted octanol–water partition coefficient (Wildman–Crippen LogP) is 2.73. The molecule has 2 aliphatic rings. The molecule has 4 rings (SSSR count). The van der Waals surface area contributed by atoms with Crippen LogP contribution < -0.4 is 4.90 Å². The van der Waals surface area contributed by atoms with Gasteiger partial charge in [-0.05, 0) is 31.7 Å². The minimum Gasteiger partial charge on any atom is -0.346 e. The van der Waals surface area contributed by atoms with Crippen molar-refractivity contribution in [1.82, 2.24) is 14.2 Å². The molecular weight excluding hydrogens is 432 g/mol. The van der Waals surface area contributed by atoms with Gasteiger partial charge < -0.3 is 9.80 Å². The van der Waals surface area contributed by atoms with Crippen LogP contribution in [0.5, 0.6) is 0 Å². The Bertz CT molecular complexity index is 985. The summed E-state index contributed by atoms with van der Waals surface area (Å²) in [5.41, 5.74) is 1.83. The highest BCUT2D eigenvalue weighted by Gasteiger charge is 2.33. The molecule has 2 aromatic rings. The molecule has 0 saturated carbocycles. The Morgan fingerprint density at radius 3 is 2.48 bits per heavy atom. The lowest BCUT2D eigenvalue weighted by Crippen LogP contribution is -2.45. The molecule has 1 amide bonds. The molecule has 1 aromatic heterocycles. The molecule has 0 spiro atoms. The van der Waals surface area contributed by atoms with Crippen LogP contribution >= 0.6 is 11.3 Å². The van der Waals surface area contributed by atoms with Crippen LogP contribution in [0.4, 0.5) is 5.13 Å². The fraction of sp³-hybridized carbons (Fsp3) is 0.545. The van der Waals surface area contributed by atoms with Gasteiger partial charge >= 0.3 is 0 Å². The number of benzene rings is 1. The number of hydrogen-bond acceptors (Lipinski definition) is 6. The summed E-state index contributed by atoms with van der Waals surface area (Å²) in [7, 11) is -3.36.